The number of nitrogens with zero attached hydrogens (tertiary/aromatic N) is 2. The predicted octanol–water partition coefficient (Wildman–Crippen LogP) is 11.8. The van der Waals surface area contributed by atoms with Crippen molar-refractivity contribution in [1.29, 1.82) is 0 Å². The first kappa shape index (κ1) is 32.7. The summed E-state index contributed by atoms with van der Waals surface area (Å²) < 4.78 is 0. The van der Waals surface area contributed by atoms with Crippen molar-refractivity contribution in [2.75, 3.05) is 0 Å². The fourth-order valence-corrected chi connectivity index (χ4v) is 12.9. The molecule has 1 aliphatic heterocycles. The third kappa shape index (κ3) is 4.68. The van der Waals surface area contributed by atoms with E-state index in [1.54, 1.807) is 0 Å². The average molecular weight is 731 g/mol. The first-order valence-electron chi connectivity index (χ1n) is 19.5. The van der Waals surface area contributed by atoms with Gasteiger partial charge in [0.2, 0.25) is 0 Å². The lowest BCUT2D eigenvalue weighted by atomic mass is 9.67. The van der Waals surface area contributed by atoms with Crippen LogP contribution in [0, 0.1) is 0 Å². The maximum Gasteiger partial charge on any atom is 0.160 e. The van der Waals surface area contributed by atoms with E-state index < -0.39 is 13.5 Å². The highest BCUT2D eigenvalue weighted by Crippen LogP contribution is 2.56. The third-order valence-electron chi connectivity index (χ3n) is 12.4. The molecular formula is C53H38N2Si. The first-order chi connectivity index (χ1) is 27.5. The highest BCUT2D eigenvalue weighted by molar-refractivity contribution is 7.04. The van der Waals surface area contributed by atoms with Crippen molar-refractivity contribution >= 4 is 29.4 Å². The Morgan fingerprint density at radius 3 is 1.75 bits per heavy atom. The van der Waals surface area contributed by atoms with Crippen LogP contribution >= 0.6 is 0 Å². The summed E-state index contributed by atoms with van der Waals surface area (Å²) in [5.74, 6) is 0.736. The standard InChI is InChI=1S/C53H38N2Si/c1-56(2)47-28-15-13-26-42(47)49-48(56)32-31-46-50(49)51(35-17-6-3-7-18-35)55-52(54-46)38-20-16-19-36(33-38)37-29-30-45-43(34-37)41-25-12-14-27-44(41)53(45,39-21-8-4-9-22-39)40-23-10-5-11-24-40/h3-34H,1-2H3. The van der Waals surface area contributed by atoms with Crippen molar-refractivity contribution in [1.82, 2.24) is 9.97 Å². The van der Waals surface area contributed by atoms with Gasteiger partial charge in [-0.15, -0.1) is 0 Å². The molecule has 3 heteroatoms. The zero-order valence-electron chi connectivity index (χ0n) is 31.4. The fraction of sp³-hybridized carbons (Fsp3) is 0.0566. The summed E-state index contributed by atoms with van der Waals surface area (Å²) >= 11 is 0. The van der Waals surface area contributed by atoms with E-state index in [2.05, 4.69) is 207 Å². The molecule has 8 aromatic carbocycles. The smallest absolute Gasteiger partial charge is 0.160 e. The molecule has 0 spiro atoms. The van der Waals surface area contributed by atoms with E-state index in [4.69, 9.17) is 9.97 Å². The minimum atomic E-state index is -1.88. The molecule has 0 amide bonds. The van der Waals surface area contributed by atoms with Crippen molar-refractivity contribution in [3.8, 4) is 56.0 Å². The molecule has 0 fully saturated rings. The molecule has 264 valence electrons. The molecule has 0 unspecified atom stereocenters. The molecule has 2 aliphatic rings. The minimum absolute atomic E-state index is 0.417. The van der Waals surface area contributed by atoms with Gasteiger partial charge in [-0.2, -0.15) is 0 Å². The Bertz CT molecular complexity index is 2950. The molecular weight excluding hydrogens is 693 g/mol. The predicted molar refractivity (Wildman–Crippen MR) is 235 cm³/mol. The average Bonchev–Trinajstić information content (AvgIpc) is 3.69. The molecule has 0 radical (unpaired) electrons. The number of rotatable bonds is 5. The molecule has 0 atom stereocenters. The maximum absolute atomic E-state index is 5.45. The van der Waals surface area contributed by atoms with Gasteiger partial charge in [-0.05, 0) is 84.2 Å². The van der Waals surface area contributed by atoms with Crippen LogP contribution in [0.5, 0.6) is 0 Å². The number of benzene rings is 8. The Morgan fingerprint density at radius 1 is 0.411 bits per heavy atom. The van der Waals surface area contributed by atoms with Gasteiger partial charge >= 0.3 is 0 Å². The van der Waals surface area contributed by atoms with Gasteiger partial charge in [0, 0.05) is 16.5 Å². The van der Waals surface area contributed by atoms with Crippen molar-refractivity contribution in [2.45, 2.75) is 18.5 Å². The van der Waals surface area contributed by atoms with Crippen LogP contribution in [-0.2, 0) is 5.41 Å². The molecule has 0 bridgehead atoms. The van der Waals surface area contributed by atoms with E-state index in [-0.39, 0.29) is 0 Å². The van der Waals surface area contributed by atoms with E-state index in [0.29, 0.717) is 0 Å². The van der Waals surface area contributed by atoms with Gasteiger partial charge in [0.15, 0.2) is 5.82 Å². The number of fused-ring (bicyclic) bond motifs is 8. The van der Waals surface area contributed by atoms with Crippen molar-refractivity contribution < 1.29 is 0 Å². The van der Waals surface area contributed by atoms with Crippen LogP contribution in [-0.4, -0.2) is 18.0 Å². The SMILES string of the molecule is C[Si]1(C)c2ccccc2-c2c1ccc1nc(-c3cccc(-c4ccc5c(c4)-c4ccccc4C5(c4ccccc4)c4ccccc4)c3)nc(-c3ccccc3)c21. The van der Waals surface area contributed by atoms with Gasteiger partial charge in [0.05, 0.1) is 16.6 Å². The molecule has 1 aliphatic carbocycles. The fourth-order valence-electron chi connectivity index (χ4n) is 9.82. The van der Waals surface area contributed by atoms with Gasteiger partial charge < -0.3 is 0 Å². The lowest BCUT2D eigenvalue weighted by Gasteiger charge is -2.33. The summed E-state index contributed by atoms with van der Waals surface area (Å²) in [6, 6.07) is 70.9. The highest BCUT2D eigenvalue weighted by Gasteiger charge is 2.46. The summed E-state index contributed by atoms with van der Waals surface area (Å²) in [7, 11) is -1.88. The normalized spacial score (nSPS) is 14.2. The second-order valence-corrected chi connectivity index (χ2v) is 20.0. The van der Waals surface area contributed by atoms with Crippen molar-refractivity contribution in [2.24, 2.45) is 0 Å². The quantitative estimate of drug-likeness (QED) is 0.165. The molecule has 0 N–H and O–H groups in total. The second kappa shape index (κ2) is 12.4. The highest BCUT2D eigenvalue weighted by atomic mass is 28.3. The van der Waals surface area contributed by atoms with Gasteiger partial charge in [-0.1, -0.05) is 189 Å². The molecule has 11 rings (SSSR count). The lowest BCUT2D eigenvalue weighted by Crippen LogP contribution is -2.49. The van der Waals surface area contributed by atoms with E-state index in [9.17, 15) is 0 Å². The van der Waals surface area contributed by atoms with Crippen molar-refractivity contribution in [3.63, 3.8) is 0 Å². The van der Waals surface area contributed by atoms with Gasteiger partial charge in [-0.3, -0.25) is 0 Å². The summed E-state index contributed by atoms with van der Waals surface area (Å²) in [4.78, 5) is 10.8. The topological polar surface area (TPSA) is 25.8 Å². The zero-order valence-corrected chi connectivity index (χ0v) is 32.4. The minimum Gasteiger partial charge on any atom is -0.228 e. The molecule has 1 aromatic heterocycles. The number of hydrogen-bond donors (Lipinski definition) is 0. The molecule has 56 heavy (non-hydrogen) atoms. The van der Waals surface area contributed by atoms with E-state index >= 15 is 0 Å². The third-order valence-corrected chi connectivity index (χ3v) is 15.9. The Kier molecular flexibility index (Phi) is 7.26. The molecule has 2 heterocycles. The molecule has 0 saturated heterocycles. The van der Waals surface area contributed by atoms with Crippen LogP contribution in [0.4, 0.5) is 0 Å². The number of hydrogen-bond acceptors (Lipinski definition) is 2. The van der Waals surface area contributed by atoms with E-state index in [0.717, 1.165) is 39.1 Å². The molecule has 2 nitrogen and oxygen atoms in total. The van der Waals surface area contributed by atoms with Crippen LogP contribution < -0.4 is 10.4 Å². The zero-order chi connectivity index (χ0) is 37.4. The van der Waals surface area contributed by atoms with Crippen LogP contribution in [0.3, 0.4) is 0 Å². The summed E-state index contributed by atoms with van der Waals surface area (Å²) in [6.45, 7) is 4.93. The van der Waals surface area contributed by atoms with Crippen molar-refractivity contribution in [3.05, 3.63) is 216 Å². The Balaban J connectivity index is 1.09. The van der Waals surface area contributed by atoms with Crippen LogP contribution in [0.15, 0.2) is 194 Å². The Hall–Kier alpha value is -6.68. The first-order valence-corrected chi connectivity index (χ1v) is 22.5. The lowest BCUT2D eigenvalue weighted by molar-refractivity contribution is 0.768. The Morgan fingerprint density at radius 2 is 1.00 bits per heavy atom. The van der Waals surface area contributed by atoms with Gasteiger partial charge in [-0.25, -0.2) is 9.97 Å². The summed E-state index contributed by atoms with van der Waals surface area (Å²) in [6.07, 6.45) is 0. The Labute approximate surface area is 328 Å². The molecule has 9 aromatic rings. The van der Waals surface area contributed by atoms with E-state index in [1.165, 1.54) is 60.4 Å². The van der Waals surface area contributed by atoms with Crippen LogP contribution in [0.1, 0.15) is 22.3 Å². The van der Waals surface area contributed by atoms with Gasteiger partial charge in [0.1, 0.15) is 8.07 Å². The largest absolute Gasteiger partial charge is 0.228 e. The number of aromatic nitrogens is 2. The van der Waals surface area contributed by atoms with Crippen LogP contribution in [0.25, 0.3) is 66.9 Å². The summed E-state index contributed by atoms with van der Waals surface area (Å²) in [5.41, 5.74) is 16.3. The van der Waals surface area contributed by atoms with Gasteiger partial charge in [0.25, 0.3) is 0 Å². The van der Waals surface area contributed by atoms with E-state index in [1.807, 2.05) is 0 Å². The maximum atomic E-state index is 5.45. The second-order valence-electron chi connectivity index (χ2n) is 15.7. The monoisotopic (exact) mass is 730 g/mol. The van der Waals surface area contributed by atoms with Crippen LogP contribution in [0.2, 0.25) is 13.1 Å². The summed E-state index contributed by atoms with van der Waals surface area (Å²) in [5, 5.41) is 4.10. The molecule has 0 saturated carbocycles.